The number of ether oxygens (including phenoxy) is 2. The van der Waals surface area contributed by atoms with Crippen LogP contribution in [0.3, 0.4) is 0 Å². The quantitative estimate of drug-likeness (QED) is 0.605. The van der Waals surface area contributed by atoms with Gasteiger partial charge in [-0.1, -0.05) is 18.2 Å². The van der Waals surface area contributed by atoms with Gasteiger partial charge in [0.05, 0.1) is 7.11 Å². The molecule has 0 unspecified atom stereocenters. The van der Waals surface area contributed by atoms with Crippen LogP contribution in [0.25, 0.3) is 0 Å². The highest BCUT2D eigenvalue weighted by Crippen LogP contribution is 2.28. The van der Waals surface area contributed by atoms with Gasteiger partial charge in [0.1, 0.15) is 5.75 Å². The fourth-order valence-electron chi connectivity index (χ4n) is 1.44. The molecule has 3 nitrogen and oxygen atoms in total. The first-order valence-electron chi connectivity index (χ1n) is 4.13. The summed E-state index contributed by atoms with van der Waals surface area (Å²) in [5.41, 5.74) is 1.07. The third-order valence-corrected chi connectivity index (χ3v) is 2.11. The van der Waals surface area contributed by atoms with Crippen LogP contribution in [0.1, 0.15) is 5.56 Å². The molecule has 0 fully saturated rings. The molecule has 0 saturated heterocycles. The van der Waals surface area contributed by atoms with E-state index in [2.05, 4.69) is 4.74 Å². The largest absolute Gasteiger partial charge is 0.478 e. The van der Waals surface area contributed by atoms with Gasteiger partial charge in [-0.3, -0.25) is 0 Å². The minimum absolute atomic E-state index is 0.309. The summed E-state index contributed by atoms with van der Waals surface area (Å²) in [6.45, 7) is 0. The van der Waals surface area contributed by atoms with Crippen molar-refractivity contribution in [3.05, 3.63) is 29.8 Å². The van der Waals surface area contributed by atoms with Gasteiger partial charge in [-0.2, -0.15) is 0 Å². The highest BCUT2D eigenvalue weighted by molar-refractivity contribution is 5.76. The molecule has 1 atom stereocenters. The van der Waals surface area contributed by atoms with Gasteiger partial charge in [-0.15, -0.1) is 0 Å². The maximum Gasteiger partial charge on any atom is 0.347 e. The molecular weight excluding hydrogens is 168 g/mol. The van der Waals surface area contributed by atoms with Crippen molar-refractivity contribution in [3.63, 3.8) is 0 Å². The van der Waals surface area contributed by atoms with Gasteiger partial charge < -0.3 is 9.47 Å². The van der Waals surface area contributed by atoms with Gasteiger partial charge in [-0.05, 0) is 11.6 Å². The first-order chi connectivity index (χ1) is 6.31. The highest BCUT2D eigenvalue weighted by atomic mass is 16.6. The molecule has 0 radical (unpaired) electrons. The Kier molecular flexibility index (Phi) is 1.93. The van der Waals surface area contributed by atoms with Crippen LogP contribution in [0, 0.1) is 0 Å². The van der Waals surface area contributed by atoms with E-state index in [1.807, 2.05) is 24.3 Å². The van der Waals surface area contributed by atoms with E-state index in [1.54, 1.807) is 0 Å². The number of benzene rings is 1. The van der Waals surface area contributed by atoms with E-state index in [0.717, 1.165) is 11.3 Å². The number of hydrogen-bond acceptors (Lipinski definition) is 3. The number of carbonyl (C=O) groups is 1. The first-order valence-corrected chi connectivity index (χ1v) is 4.13. The summed E-state index contributed by atoms with van der Waals surface area (Å²) < 4.78 is 9.99. The van der Waals surface area contributed by atoms with Crippen molar-refractivity contribution in [2.45, 2.75) is 12.5 Å². The molecule has 1 aromatic carbocycles. The zero-order chi connectivity index (χ0) is 9.26. The van der Waals surface area contributed by atoms with Gasteiger partial charge in [0.2, 0.25) is 0 Å². The fraction of sp³-hybridized carbons (Fsp3) is 0.300. The molecular formula is C10H10O3. The van der Waals surface area contributed by atoms with Crippen molar-refractivity contribution in [3.8, 4) is 5.75 Å². The number of carbonyl (C=O) groups excluding carboxylic acids is 1. The van der Waals surface area contributed by atoms with Crippen molar-refractivity contribution in [2.24, 2.45) is 0 Å². The maximum absolute atomic E-state index is 11.1. The lowest BCUT2D eigenvalue weighted by Gasteiger charge is -2.06. The van der Waals surface area contributed by atoms with Crippen molar-refractivity contribution in [1.29, 1.82) is 0 Å². The van der Waals surface area contributed by atoms with Crippen LogP contribution in [0.4, 0.5) is 0 Å². The molecule has 0 aliphatic carbocycles. The standard InChI is InChI=1S/C10H10O3/c1-12-10(11)9-6-7-4-2-3-5-8(7)13-9/h2-5,9H,6H2,1H3/t9-/m0/s1. The number of para-hydroxylation sites is 1. The van der Waals surface area contributed by atoms with Crippen LogP contribution >= 0.6 is 0 Å². The van der Waals surface area contributed by atoms with E-state index in [1.165, 1.54) is 7.11 Å². The van der Waals surface area contributed by atoms with Crippen molar-refractivity contribution >= 4 is 5.97 Å². The molecule has 0 aromatic heterocycles. The lowest BCUT2D eigenvalue weighted by molar-refractivity contribution is -0.147. The predicted molar refractivity (Wildman–Crippen MR) is 46.6 cm³/mol. The average molecular weight is 178 g/mol. The third-order valence-electron chi connectivity index (χ3n) is 2.11. The fourth-order valence-corrected chi connectivity index (χ4v) is 1.44. The van der Waals surface area contributed by atoms with Gasteiger partial charge in [0.15, 0.2) is 6.10 Å². The Hall–Kier alpha value is -1.51. The van der Waals surface area contributed by atoms with E-state index in [9.17, 15) is 4.79 Å². The van der Waals surface area contributed by atoms with E-state index < -0.39 is 6.10 Å². The predicted octanol–water partition coefficient (Wildman–Crippen LogP) is 1.16. The van der Waals surface area contributed by atoms with Crippen molar-refractivity contribution < 1.29 is 14.3 Å². The Morgan fingerprint density at radius 2 is 2.31 bits per heavy atom. The molecule has 2 rings (SSSR count). The summed E-state index contributed by atoms with van der Waals surface area (Å²) in [6, 6.07) is 7.64. The smallest absolute Gasteiger partial charge is 0.347 e. The van der Waals surface area contributed by atoms with Crippen LogP contribution in [-0.2, 0) is 16.0 Å². The molecule has 0 N–H and O–H groups in total. The minimum atomic E-state index is -0.456. The first kappa shape index (κ1) is 8.10. The molecule has 1 aliphatic heterocycles. The van der Waals surface area contributed by atoms with E-state index in [-0.39, 0.29) is 5.97 Å². The molecule has 0 bridgehead atoms. The monoisotopic (exact) mass is 178 g/mol. The zero-order valence-corrected chi connectivity index (χ0v) is 7.32. The Morgan fingerprint density at radius 3 is 3.00 bits per heavy atom. The van der Waals surface area contributed by atoms with E-state index in [4.69, 9.17) is 4.74 Å². The van der Waals surface area contributed by atoms with Crippen LogP contribution in [-0.4, -0.2) is 19.2 Å². The molecule has 0 saturated carbocycles. The molecule has 1 aliphatic rings. The Morgan fingerprint density at radius 1 is 1.54 bits per heavy atom. The lowest BCUT2D eigenvalue weighted by atomic mass is 10.1. The SMILES string of the molecule is COC(=O)[C@@H]1Cc2ccccc2O1. The second kappa shape index (κ2) is 3.09. The Labute approximate surface area is 76.3 Å². The van der Waals surface area contributed by atoms with Crippen LogP contribution in [0.5, 0.6) is 5.75 Å². The number of esters is 1. The number of hydrogen-bond donors (Lipinski definition) is 0. The van der Waals surface area contributed by atoms with Gasteiger partial charge in [0.25, 0.3) is 0 Å². The Bertz CT molecular complexity index is 308. The second-order valence-electron chi connectivity index (χ2n) is 2.94. The second-order valence-corrected chi connectivity index (χ2v) is 2.94. The molecule has 68 valence electrons. The van der Waals surface area contributed by atoms with E-state index >= 15 is 0 Å². The van der Waals surface area contributed by atoms with Crippen LogP contribution < -0.4 is 4.74 Å². The van der Waals surface area contributed by atoms with Crippen LogP contribution in [0.2, 0.25) is 0 Å². The molecule has 0 spiro atoms. The number of fused-ring (bicyclic) bond motifs is 1. The summed E-state index contributed by atoms with van der Waals surface area (Å²) in [7, 11) is 1.37. The van der Waals surface area contributed by atoms with Crippen LogP contribution in [0.15, 0.2) is 24.3 Å². The van der Waals surface area contributed by atoms with Crippen molar-refractivity contribution in [2.75, 3.05) is 7.11 Å². The topological polar surface area (TPSA) is 35.5 Å². The molecule has 1 heterocycles. The number of rotatable bonds is 1. The summed E-state index contributed by atoms with van der Waals surface area (Å²) in [5, 5.41) is 0. The van der Waals surface area contributed by atoms with Gasteiger partial charge in [-0.25, -0.2) is 4.79 Å². The zero-order valence-electron chi connectivity index (χ0n) is 7.32. The van der Waals surface area contributed by atoms with Gasteiger partial charge >= 0.3 is 5.97 Å². The molecule has 13 heavy (non-hydrogen) atoms. The third kappa shape index (κ3) is 1.37. The molecule has 0 amide bonds. The summed E-state index contributed by atoms with van der Waals surface area (Å²) in [6.07, 6.45) is 0.158. The summed E-state index contributed by atoms with van der Waals surface area (Å²) in [4.78, 5) is 11.1. The number of methoxy groups -OCH3 is 1. The normalized spacial score (nSPS) is 19.0. The molecule has 3 heteroatoms. The minimum Gasteiger partial charge on any atom is -0.478 e. The van der Waals surface area contributed by atoms with Crippen molar-refractivity contribution in [1.82, 2.24) is 0 Å². The average Bonchev–Trinajstić information content (AvgIpc) is 2.59. The highest BCUT2D eigenvalue weighted by Gasteiger charge is 2.29. The van der Waals surface area contributed by atoms with Gasteiger partial charge in [0, 0.05) is 6.42 Å². The van der Waals surface area contributed by atoms with E-state index in [0.29, 0.717) is 6.42 Å². The maximum atomic E-state index is 11.1. The summed E-state index contributed by atoms with van der Waals surface area (Å²) >= 11 is 0. The summed E-state index contributed by atoms with van der Waals surface area (Å²) in [5.74, 6) is 0.481. The molecule has 1 aromatic rings. The lowest BCUT2D eigenvalue weighted by Crippen LogP contribution is -2.26. The Balaban J connectivity index is 2.18.